The highest BCUT2D eigenvalue weighted by Crippen LogP contribution is 2.37. The second-order valence-electron chi connectivity index (χ2n) is 8.37. The third-order valence-electron chi connectivity index (χ3n) is 5.72. The Balaban J connectivity index is 1.86. The zero-order chi connectivity index (χ0) is 27.6. The minimum Gasteiger partial charge on any atom is -0.422 e. The number of alkyl halides is 3. The van der Waals surface area contributed by atoms with E-state index in [0.29, 0.717) is 38.9 Å². The summed E-state index contributed by atoms with van der Waals surface area (Å²) in [5, 5.41) is 2.92. The summed E-state index contributed by atoms with van der Waals surface area (Å²) >= 11 is 6.21. The van der Waals surface area contributed by atoms with Crippen molar-refractivity contribution in [3.8, 4) is 11.1 Å². The van der Waals surface area contributed by atoms with E-state index in [1.54, 1.807) is 43.3 Å². The van der Waals surface area contributed by atoms with E-state index < -0.39 is 41.2 Å². The number of benzene rings is 3. The van der Waals surface area contributed by atoms with Crippen molar-refractivity contribution in [3.05, 3.63) is 104 Å². The first-order valence-corrected chi connectivity index (χ1v) is 11.5. The van der Waals surface area contributed by atoms with Crippen LogP contribution < -0.4 is 10.9 Å². The van der Waals surface area contributed by atoms with Gasteiger partial charge in [0.25, 0.3) is 0 Å². The molecule has 0 fully saturated rings. The topological polar surface area (TPSA) is 76.4 Å². The van der Waals surface area contributed by atoms with Crippen molar-refractivity contribution in [3.63, 3.8) is 0 Å². The van der Waals surface area contributed by atoms with Crippen LogP contribution in [0.25, 0.3) is 28.2 Å². The molecule has 10 heteroatoms. The van der Waals surface area contributed by atoms with E-state index in [2.05, 4.69) is 5.32 Å². The molecule has 194 valence electrons. The molecule has 0 spiro atoms. The summed E-state index contributed by atoms with van der Waals surface area (Å²) < 4.78 is 59.1. The summed E-state index contributed by atoms with van der Waals surface area (Å²) in [7, 11) is 0. The van der Waals surface area contributed by atoms with Crippen LogP contribution in [0.15, 0.2) is 69.9 Å². The lowest BCUT2D eigenvalue weighted by Crippen LogP contribution is -2.22. The molecule has 1 heterocycles. The Morgan fingerprint density at radius 1 is 1.11 bits per heavy atom. The first-order valence-electron chi connectivity index (χ1n) is 11.1. The van der Waals surface area contributed by atoms with Gasteiger partial charge in [-0.2, -0.15) is 13.2 Å². The SMILES string of the molecule is Cc1cc2c(-c3cccc(C=CC=O)c3)c(CC(=O)Nc3ccc(F)cc3C(F)(F)F)c(=O)oc2cc1Cl. The number of hydrogen-bond donors (Lipinski definition) is 1. The average Bonchev–Trinajstić information content (AvgIpc) is 2.85. The lowest BCUT2D eigenvalue weighted by molar-refractivity contribution is -0.137. The van der Waals surface area contributed by atoms with Crippen molar-refractivity contribution in [2.75, 3.05) is 5.32 Å². The molecule has 0 aliphatic carbocycles. The fraction of sp³-hybridized carbons (Fsp3) is 0.107. The van der Waals surface area contributed by atoms with Crippen molar-refractivity contribution in [1.82, 2.24) is 0 Å². The Morgan fingerprint density at radius 2 is 1.87 bits per heavy atom. The Bertz CT molecular complexity index is 1660. The minimum atomic E-state index is -4.93. The van der Waals surface area contributed by atoms with Gasteiger partial charge in [-0.25, -0.2) is 9.18 Å². The van der Waals surface area contributed by atoms with Crippen LogP contribution in [0.1, 0.15) is 22.3 Å². The van der Waals surface area contributed by atoms with Crippen LogP contribution in [0, 0.1) is 12.7 Å². The fourth-order valence-corrected chi connectivity index (χ4v) is 4.18. The Morgan fingerprint density at radius 3 is 2.58 bits per heavy atom. The second-order valence-corrected chi connectivity index (χ2v) is 8.78. The molecule has 4 rings (SSSR count). The number of hydrogen-bond acceptors (Lipinski definition) is 4. The average molecular weight is 544 g/mol. The highest BCUT2D eigenvalue weighted by atomic mass is 35.5. The summed E-state index contributed by atoms with van der Waals surface area (Å²) in [5.74, 6) is -2.07. The summed E-state index contributed by atoms with van der Waals surface area (Å²) in [5.41, 5.74) is -0.760. The van der Waals surface area contributed by atoms with Crippen LogP contribution in [0.4, 0.5) is 23.2 Å². The molecular weight excluding hydrogens is 526 g/mol. The van der Waals surface area contributed by atoms with E-state index >= 15 is 0 Å². The summed E-state index contributed by atoms with van der Waals surface area (Å²) in [4.78, 5) is 36.7. The molecule has 1 N–H and O–H groups in total. The number of anilines is 1. The van der Waals surface area contributed by atoms with E-state index in [9.17, 15) is 31.9 Å². The monoisotopic (exact) mass is 543 g/mol. The number of nitrogens with one attached hydrogen (secondary N) is 1. The molecular formula is C28H18ClF4NO4. The first kappa shape index (κ1) is 26.8. The van der Waals surface area contributed by atoms with E-state index in [0.717, 1.165) is 12.1 Å². The molecule has 3 aromatic carbocycles. The Hall–Kier alpha value is -4.24. The van der Waals surface area contributed by atoms with Crippen LogP contribution in [0.3, 0.4) is 0 Å². The molecule has 0 aliphatic heterocycles. The maximum absolute atomic E-state index is 13.5. The molecule has 0 saturated heterocycles. The van der Waals surface area contributed by atoms with Gasteiger partial charge in [0.05, 0.1) is 23.2 Å². The van der Waals surface area contributed by atoms with E-state index in [-0.39, 0.29) is 17.2 Å². The van der Waals surface area contributed by atoms with Gasteiger partial charge in [-0.1, -0.05) is 35.9 Å². The molecule has 0 bridgehead atoms. The van der Waals surface area contributed by atoms with E-state index in [1.165, 1.54) is 12.1 Å². The number of fused-ring (bicyclic) bond motifs is 1. The summed E-state index contributed by atoms with van der Waals surface area (Å²) in [6, 6.07) is 11.8. The number of amides is 1. The minimum absolute atomic E-state index is 0.107. The molecule has 0 atom stereocenters. The third-order valence-corrected chi connectivity index (χ3v) is 6.13. The number of aryl methyl sites for hydroxylation is 1. The third kappa shape index (κ3) is 5.68. The molecule has 4 aromatic rings. The quantitative estimate of drug-likeness (QED) is 0.123. The maximum Gasteiger partial charge on any atom is 0.418 e. The van der Waals surface area contributed by atoms with E-state index in [1.807, 2.05) is 0 Å². The van der Waals surface area contributed by atoms with Gasteiger partial charge in [0.15, 0.2) is 0 Å². The van der Waals surface area contributed by atoms with Gasteiger partial charge in [-0.3, -0.25) is 9.59 Å². The highest BCUT2D eigenvalue weighted by Gasteiger charge is 2.34. The lowest BCUT2D eigenvalue weighted by atomic mass is 9.93. The number of aldehydes is 1. The summed E-state index contributed by atoms with van der Waals surface area (Å²) in [6.45, 7) is 1.74. The Kier molecular flexibility index (Phi) is 7.50. The van der Waals surface area contributed by atoms with Gasteiger partial charge in [0.1, 0.15) is 17.7 Å². The molecule has 1 aromatic heterocycles. The van der Waals surface area contributed by atoms with Crippen LogP contribution in [-0.4, -0.2) is 12.2 Å². The number of halogens is 5. The lowest BCUT2D eigenvalue weighted by Gasteiger charge is -2.16. The Labute approximate surface area is 218 Å². The van der Waals surface area contributed by atoms with Gasteiger partial charge in [0, 0.05) is 22.0 Å². The standard InChI is InChI=1S/C28H18ClF4NO4/c1-15-10-19-24(14-22(15)29)38-27(37)20(26(19)17-6-2-4-16(11-17)5-3-9-35)13-25(36)34-23-8-7-18(30)12-21(23)28(31,32)33/h2-12,14H,13H2,1H3,(H,34,36). The molecule has 0 unspecified atom stereocenters. The van der Waals surface area contributed by atoms with Crippen LogP contribution >= 0.6 is 11.6 Å². The van der Waals surface area contributed by atoms with E-state index in [4.69, 9.17) is 16.0 Å². The molecule has 5 nitrogen and oxygen atoms in total. The number of rotatable bonds is 6. The van der Waals surface area contributed by atoms with Crippen molar-refractivity contribution in [2.24, 2.45) is 0 Å². The molecule has 0 saturated carbocycles. The normalized spacial score (nSPS) is 11.7. The fourth-order valence-electron chi connectivity index (χ4n) is 4.02. The first-order chi connectivity index (χ1) is 18.0. The zero-order valence-electron chi connectivity index (χ0n) is 19.7. The molecule has 0 aliphatic rings. The zero-order valence-corrected chi connectivity index (χ0v) is 20.4. The van der Waals surface area contributed by atoms with Gasteiger partial charge < -0.3 is 9.73 Å². The van der Waals surface area contributed by atoms with Gasteiger partial charge >= 0.3 is 11.8 Å². The number of carbonyl (C=O) groups excluding carboxylic acids is 2. The van der Waals surface area contributed by atoms with Crippen LogP contribution in [0.5, 0.6) is 0 Å². The highest BCUT2D eigenvalue weighted by molar-refractivity contribution is 6.32. The smallest absolute Gasteiger partial charge is 0.418 e. The van der Waals surface area contributed by atoms with Crippen molar-refractivity contribution < 1.29 is 31.6 Å². The van der Waals surface area contributed by atoms with Gasteiger partial charge in [-0.05, 0) is 60.0 Å². The summed E-state index contributed by atoms with van der Waals surface area (Å²) in [6.07, 6.45) is -2.13. The van der Waals surface area contributed by atoms with Crippen molar-refractivity contribution >= 4 is 46.5 Å². The molecule has 0 radical (unpaired) electrons. The molecule has 38 heavy (non-hydrogen) atoms. The second kappa shape index (κ2) is 10.6. The number of allylic oxidation sites excluding steroid dienone is 1. The van der Waals surface area contributed by atoms with Crippen molar-refractivity contribution in [2.45, 2.75) is 19.5 Å². The van der Waals surface area contributed by atoms with Gasteiger partial charge in [0.2, 0.25) is 5.91 Å². The molecule has 1 amide bonds. The maximum atomic E-state index is 13.5. The predicted octanol–water partition coefficient (Wildman–Crippen LogP) is 6.97. The van der Waals surface area contributed by atoms with Crippen molar-refractivity contribution in [1.29, 1.82) is 0 Å². The largest absolute Gasteiger partial charge is 0.422 e. The predicted molar refractivity (Wildman–Crippen MR) is 137 cm³/mol. The number of carbonyl (C=O) groups is 2. The van der Waals surface area contributed by atoms with Gasteiger partial charge in [-0.15, -0.1) is 0 Å². The van der Waals surface area contributed by atoms with Crippen LogP contribution in [-0.2, 0) is 22.2 Å². The van der Waals surface area contributed by atoms with Crippen LogP contribution in [0.2, 0.25) is 5.02 Å².